The molecule has 5 nitrogen and oxygen atoms in total. The molecular formula is C19H34N2O3. The summed E-state index contributed by atoms with van der Waals surface area (Å²) in [6, 6.07) is 0.172. The minimum Gasteiger partial charge on any atom is -0.383 e. The van der Waals surface area contributed by atoms with Crippen molar-refractivity contribution in [3.05, 3.63) is 0 Å². The van der Waals surface area contributed by atoms with Gasteiger partial charge in [0.1, 0.15) is 6.10 Å². The second-order valence-electron chi connectivity index (χ2n) is 7.98. The highest BCUT2D eigenvalue weighted by Gasteiger charge is 2.34. The number of nitrogens with one attached hydrogen (secondary N) is 1. The van der Waals surface area contributed by atoms with Gasteiger partial charge < -0.3 is 15.3 Å². The third kappa shape index (κ3) is 4.95. The Labute approximate surface area is 146 Å². The molecule has 0 spiro atoms. The maximum Gasteiger partial charge on any atom is 0.251 e. The van der Waals surface area contributed by atoms with Crippen molar-refractivity contribution in [3.63, 3.8) is 0 Å². The molecule has 0 aromatic rings. The van der Waals surface area contributed by atoms with Gasteiger partial charge in [0.15, 0.2) is 0 Å². The van der Waals surface area contributed by atoms with E-state index >= 15 is 0 Å². The van der Waals surface area contributed by atoms with Gasteiger partial charge in [0.25, 0.3) is 5.91 Å². The van der Waals surface area contributed by atoms with Crippen molar-refractivity contribution in [2.45, 2.75) is 77.9 Å². The van der Waals surface area contributed by atoms with Crippen molar-refractivity contribution in [1.82, 2.24) is 10.2 Å². The van der Waals surface area contributed by atoms with Crippen LogP contribution in [-0.4, -0.2) is 47.1 Å². The van der Waals surface area contributed by atoms with Gasteiger partial charge in [0, 0.05) is 25.0 Å². The summed E-state index contributed by atoms with van der Waals surface area (Å²) in [6.07, 6.45) is 5.90. The highest BCUT2D eigenvalue weighted by Crippen LogP contribution is 2.28. The Morgan fingerprint density at radius 3 is 2.12 bits per heavy atom. The smallest absolute Gasteiger partial charge is 0.251 e. The second kappa shape index (κ2) is 8.84. The van der Waals surface area contributed by atoms with E-state index in [0.29, 0.717) is 31.8 Å². The molecule has 0 aromatic carbocycles. The lowest BCUT2D eigenvalue weighted by Crippen LogP contribution is -2.49. The Balaban J connectivity index is 1.79. The lowest BCUT2D eigenvalue weighted by molar-refractivity contribution is -0.146. The fourth-order valence-electron chi connectivity index (χ4n) is 3.71. The van der Waals surface area contributed by atoms with Crippen molar-refractivity contribution in [3.8, 4) is 0 Å². The average molecular weight is 338 g/mol. The number of hydrogen-bond donors (Lipinski definition) is 2. The molecule has 2 rings (SSSR count). The summed E-state index contributed by atoms with van der Waals surface area (Å²) >= 11 is 0. The Hall–Kier alpha value is -1.10. The number of likely N-dealkylation sites (tertiary alicyclic amines) is 1. The fourth-order valence-corrected chi connectivity index (χ4v) is 3.71. The first kappa shape index (κ1) is 19.2. The molecule has 24 heavy (non-hydrogen) atoms. The van der Waals surface area contributed by atoms with Crippen LogP contribution in [0.5, 0.6) is 0 Å². The van der Waals surface area contributed by atoms with Crippen LogP contribution in [0.2, 0.25) is 0 Å². The number of rotatable bonds is 5. The Bertz CT molecular complexity index is 424. The van der Waals surface area contributed by atoms with Gasteiger partial charge >= 0.3 is 0 Å². The van der Waals surface area contributed by atoms with Crippen LogP contribution in [0.25, 0.3) is 0 Å². The van der Waals surface area contributed by atoms with Crippen molar-refractivity contribution < 1.29 is 14.7 Å². The van der Waals surface area contributed by atoms with Crippen LogP contribution >= 0.6 is 0 Å². The normalized spacial score (nSPS) is 23.1. The first-order chi connectivity index (χ1) is 11.4. The van der Waals surface area contributed by atoms with Crippen LogP contribution in [0, 0.1) is 17.8 Å². The summed E-state index contributed by atoms with van der Waals surface area (Å²) in [5, 5.41) is 13.5. The van der Waals surface area contributed by atoms with E-state index < -0.39 is 6.10 Å². The van der Waals surface area contributed by atoms with Crippen LogP contribution in [0.1, 0.15) is 65.7 Å². The molecule has 2 fully saturated rings. The third-order valence-electron chi connectivity index (χ3n) is 5.90. The molecule has 0 unspecified atom stereocenters. The SMILES string of the molecule is CC(C)[C@@H](C)NC(=O)C1CCN(C(=O)[C@@H](O)C2CCCCC2)CC1. The number of nitrogens with zero attached hydrogens (tertiary/aromatic N) is 1. The van der Waals surface area contributed by atoms with Gasteiger partial charge in [-0.25, -0.2) is 0 Å². The summed E-state index contributed by atoms with van der Waals surface area (Å²) in [5.41, 5.74) is 0. The summed E-state index contributed by atoms with van der Waals surface area (Å²) in [6.45, 7) is 7.38. The van der Waals surface area contributed by atoms with Gasteiger partial charge in [-0.05, 0) is 44.4 Å². The minimum atomic E-state index is -0.850. The highest BCUT2D eigenvalue weighted by molar-refractivity contribution is 5.82. The topological polar surface area (TPSA) is 69.6 Å². The standard InChI is InChI=1S/C19H34N2O3/c1-13(2)14(3)20-18(23)16-9-11-21(12-10-16)19(24)17(22)15-7-5-4-6-8-15/h13-17,22H,4-12H2,1-3H3,(H,20,23)/t14-,17+/m1/s1. The zero-order valence-corrected chi connectivity index (χ0v) is 15.5. The first-order valence-corrected chi connectivity index (χ1v) is 9.67. The molecular weight excluding hydrogens is 304 g/mol. The summed E-state index contributed by atoms with van der Waals surface area (Å²) in [4.78, 5) is 26.6. The monoisotopic (exact) mass is 338 g/mol. The van der Waals surface area contributed by atoms with Crippen molar-refractivity contribution in [2.24, 2.45) is 17.8 Å². The zero-order valence-electron chi connectivity index (χ0n) is 15.5. The molecule has 2 aliphatic rings. The fraction of sp³-hybridized carbons (Fsp3) is 0.895. The van der Waals surface area contributed by atoms with E-state index in [-0.39, 0.29) is 29.7 Å². The molecule has 5 heteroatoms. The van der Waals surface area contributed by atoms with Crippen molar-refractivity contribution in [1.29, 1.82) is 0 Å². The first-order valence-electron chi connectivity index (χ1n) is 9.67. The predicted molar refractivity (Wildman–Crippen MR) is 94.3 cm³/mol. The van der Waals surface area contributed by atoms with Gasteiger partial charge in [0.05, 0.1) is 0 Å². The Morgan fingerprint density at radius 1 is 1.00 bits per heavy atom. The maximum absolute atomic E-state index is 12.5. The second-order valence-corrected chi connectivity index (χ2v) is 7.98. The quantitative estimate of drug-likeness (QED) is 0.808. The van der Waals surface area contributed by atoms with E-state index in [1.807, 2.05) is 6.92 Å². The molecule has 138 valence electrons. The molecule has 0 bridgehead atoms. The van der Waals surface area contributed by atoms with Gasteiger partial charge in [-0.3, -0.25) is 9.59 Å². The molecule has 0 aromatic heterocycles. The lowest BCUT2D eigenvalue weighted by Gasteiger charge is -2.35. The lowest BCUT2D eigenvalue weighted by atomic mass is 9.84. The zero-order chi connectivity index (χ0) is 17.7. The molecule has 1 heterocycles. The molecule has 1 aliphatic heterocycles. The molecule has 2 amide bonds. The van der Waals surface area contributed by atoms with Crippen LogP contribution in [0.4, 0.5) is 0 Å². The van der Waals surface area contributed by atoms with E-state index in [2.05, 4.69) is 19.2 Å². The van der Waals surface area contributed by atoms with Crippen molar-refractivity contribution >= 4 is 11.8 Å². The molecule has 1 saturated heterocycles. The predicted octanol–water partition coefficient (Wildman–Crippen LogP) is 2.33. The number of piperidine rings is 1. The Kier molecular flexibility index (Phi) is 7.08. The third-order valence-corrected chi connectivity index (χ3v) is 5.90. The van der Waals surface area contributed by atoms with Crippen LogP contribution in [0.3, 0.4) is 0 Å². The summed E-state index contributed by atoms with van der Waals surface area (Å²) < 4.78 is 0. The van der Waals surface area contributed by atoms with E-state index in [4.69, 9.17) is 0 Å². The van der Waals surface area contributed by atoms with Gasteiger partial charge in [-0.2, -0.15) is 0 Å². The van der Waals surface area contributed by atoms with E-state index in [1.54, 1.807) is 4.90 Å². The highest BCUT2D eigenvalue weighted by atomic mass is 16.3. The van der Waals surface area contributed by atoms with Crippen LogP contribution in [-0.2, 0) is 9.59 Å². The van der Waals surface area contributed by atoms with Crippen LogP contribution < -0.4 is 5.32 Å². The van der Waals surface area contributed by atoms with Crippen LogP contribution in [0.15, 0.2) is 0 Å². The molecule has 1 aliphatic carbocycles. The maximum atomic E-state index is 12.5. The van der Waals surface area contributed by atoms with E-state index in [1.165, 1.54) is 6.42 Å². The molecule has 0 radical (unpaired) electrons. The van der Waals surface area contributed by atoms with E-state index in [0.717, 1.165) is 25.7 Å². The number of carbonyl (C=O) groups excluding carboxylic acids is 2. The number of hydrogen-bond acceptors (Lipinski definition) is 3. The molecule has 2 atom stereocenters. The van der Waals surface area contributed by atoms with Gasteiger partial charge in [0.2, 0.25) is 5.91 Å². The summed E-state index contributed by atoms with van der Waals surface area (Å²) in [7, 11) is 0. The van der Waals surface area contributed by atoms with Gasteiger partial charge in [-0.15, -0.1) is 0 Å². The summed E-state index contributed by atoms with van der Waals surface area (Å²) in [5.74, 6) is 0.509. The molecule has 1 saturated carbocycles. The number of aliphatic hydroxyl groups excluding tert-OH is 1. The van der Waals surface area contributed by atoms with Crippen molar-refractivity contribution in [2.75, 3.05) is 13.1 Å². The average Bonchev–Trinajstić information content (AvgIpc) is 2.61. The number of carbonyl (C=O) groups is 2. The Morgan fingerprint density at radius 2 is 1.58 bits per heavy atom. The minimum absolute atomic E-state index is 0.0120. The largest absolute Gasteiger partial charge is 0.383 e. The number of aliphatic hydroxyl groups is 1. The van der Waals surface area contributed by atoms with E-state index in [9.17, 15) is 14.7 Å². The molecule has 2 N–H and O–H groups in total. The van der Waals surface area contributed by atoms with Gasteiger partial charge in [-0.1, -0.05) is 33.1 Å². The number of amides is 2.